The molecule has 0 spiro atoms. The number of hydrogen-bond donors (Lipinski definition) is 1. The second-order valence-electron chi connectivity index (χ2n) is 11.7. The lowest BCUT2D eigenvalue weighted by molar-refractivity contribution is -0.104. The second kappa shape index (κ2) is 15.0. The molecule has 8 nitrogen and oxygen atoms in total. The normalized spacial score (nSPS) is 19.1. The third-order valence-electron chi connectivity index (χ3n) is 8.75. The van der Waals surface area contributed by atoms with E-state index in [1.54, 1.807) is 0 Å². The number of hydrogen-bond acceptors (Lipinski definition) is 8. The van der Waals surface area contributed by atoms with E-state index in [0.717, 1.165) is 53.9 Å². The van der Waals surface area contributed by atoms with Crippen LogP contribution in [0.15, 0.2) is 103 Å². The molecule has 0 aliphatic carbocycles. The minimum absolute atomic E-state index is 0.0773. The number of carbonyl (C=O) groups is 2. The minimum Gasteiger partial charge on any atom is -0.349 e. The first-order valence-corrected chi connectivity index (χ1v) is 15.7. The van der Waals surface area contributed by atoms with Crippen LogP contribution in [0, 0.1) is 0 Å². The van der Waals surface area contributed by atoms with Crippen LogP contribution in [0.25, 0.3) is 0 Å². The standard InChI is InChI=1S/C38H40N2O6/c1-43-37(45-24-26-12-6-3-7-13-26)35(41)32-21-29-20-30-23-39-18-19-40(30)34(28-16-10-5-11-17-28)31(29)22-33(32)36(42)38(44-2)46-25-27-14-8-4-9-15-27/h3-17,21-22,30,34,37-39H,18-20,23-25H2,1-2H3. The van der Waals surface area contributed by atoms with Crippen LogP contribution in [0.5, 0.6) is 0 Å². The van der Waals surface area contributed by atoms with Gasteiger partial charge in [0.2, 0.25) is 24.1 Å². The van der Waals surface area contributed by atoms with Crippen LogP contribution in [0.3, 0.4) is 0 Å². The molecule has 2 aliphatic heterocycles. The zero-order valence-electron chi connectivity index (χ0n) is 26.3. The summed E-state index contributed by atoms with van der Waals surface area (Å²) in [7, 11) is 2.87. The zero-order chi connectivity index (χ0) is 31.9. The molecule has 2 aliphatic rings. The summed E-state index contributed by atoms with van der Waals surface area (Å²) in [6.07, 6.45) is -1.69. The van der Waals surface area contributed by atoms with Crippen molar-refractivity contribution in [3.05, 3.63) is 142 Å². The smallest absolute Gasteiger partial charge is 0.222 e. The summed E-state index contributed by atoms with van der Waals surface area (Å²) in [5.41, 5.74) is 5.43. The SMILES string of the molecule is COC(OCc1ccccc1)C(=O)c1cc2c(cc1C(=O)C(OC)OCc1ccccc1)C(c1ccccc1)N1CCNCC1C2. The zero-order valence-corrected chi connectivity index (χ0v) is 26.3. The summed E-state index contributed by atoms with van der Waals surface area (Å²) in [5.74, 6) is -0.861. The van der Waals surface area contributed by atoms with Gasteiger partial charge in [0, 0.05) is 51.0 Å². The summed E-state index contributed by atoms with van der Waals surface area (Å²) < 4.78 is 23.1. The molecule has 1 fully saturated rings. The van der Waals surface area contributed by atoms with E-state index in [9.17, 15) is 9.59 Å². The van der Waals surface area contributed by atoms with Crippen LogP contribution in [-0.2, 0) is 38.6 Å². The predicted molar refractivity (Wildman–Crippen MR) is 175 cm³/mol. The molecule has 8 heteroatoms. The van der Waals surface area contributed by atoms with Gasteiger partial charge in [0.15, 0.2) is 0 Å². The van der Waals surface area contributed by atoms with Gasteiger partial charge in [0.05, 0.1) is 19.3 Å². The number of nitrogens with one attached hydrogen (secondary N) is 1. The number of carbonyl (C=O) groups excluding carboxylic acids is 2. The fourth-order valence-corrected chi connectivity index (χ4v) is 6.49. The van der Waals surface area contributed by atoms with Gasteiger partial charge in [0.25, 0.3) is 0 Å². The number of piperazine rings is 1. The number of Topliss-reactive ketones (excluding diaryl/α,β-unsaturated/α-hetero) is 2. The Morgan fingerprint density at radius 2 is 1.28 bits per heavy atom. The molecule has 0 saturated carbocycles. The van der Waals surface area contributed by atoms with Crippen LogP contribution in [0.1, 0.15) is 54.6 Å². The summed E-state index contributed by atoms with van der Waals surface area (Å²) in [6.45, 7) is 2.94. The van der Waals surface area contributed by atoms with Crippen molar-refractivity contribution in [1.29, 1.82) is 0 Å². The highest BCUT2D eigenvalue weighted by atomic mass is 16.7. The van der Waals surface area contributed by atoms with Gasteiger partial charge in [-0.3, -0.25) is 14.5 Å². The maximum atomic E-state index is 14.3. The Labute approximate surface area is 270 Å². The molecule has 46 heavy (non-hydrogen) atoms. The van der Waals surface area contributed by atoms with E-state index in [1.165, 1.54) is 14.2 Å². The van der Waals surface area contributed by atoms with Gasteiger partial charge in [-0.25, -0.2) is 0 Å². The van der Waals surface area contributed by atoms with E-state index in [4.69, 9.17) is 18.9 Å². The minimum atomic E-state index is -1.22. The quantitative estimate of drug-likeness (QED) is 0.158. The van der Waals surface area contributed by atoms with Gasteiger partial charge in [-0.1, -0.05) is 91.0 Å². The Morgan fingerprint density at radius 3 is 1.83 bits per heavy atom. The molecule has 4 aromatic rings. The molecule has 4 unspecified atom stereocenters. The fourth-order valence-electron chi connectivity index (χ4n) is 6.49. The average Bonchev–Trinajstić information content (AvgIpc) is 3.11. The predicted octanol–water partition coefficient (Wildman–Crippen LogP) is 5.35. The van der Waals surface area contributed by atoms with Crippen molar-refractivity contribution < 1.29 is 28.5 Å². The molecule has 1 N–H and O–H groups in total. The maximum absolute atomic E-state index is 14.3. The van der Waals surface area contributed by atoms with Crippen LogP contribution in [0.4, 0.5) is 0 Å². The first-order valence-electron chi connectivity index (χ1n) is 15.7. The molecule has 0 aromatic heterocycles. The van der Waals surface area contributed by atoms with Crippen molar-refractivity contribution in [1.82, 2.24) is 10.2 Å². The Bertz CT molecular complexity index is 1610. The lowest BCUT2D eigenvalue weighted by Crippen LogP contribution is -2.55. The van der Waals surface area contributed by atoms with E-state index < -0.39 is 24.1 Å². The van der Waals surface area contributed by atoms with E-state index in [-0.39, 0.29) is 36.4 Å². The van der Waals surface area contributed by atoms with E-state index in [1.807, 2.05) is 91.0 Å². The van der Waals surface area contributed by atoms with Gasteiger partial charge in [-0.2, -0.15) is 0 Å². The summed E-state index contributed by atoms with van der Waals surface area (Å²) in [4.78, 5) is 31.0. The highest BCUT2D eigenvalue weighted by Crippen LogP contribution is 2.40. The van der Waals surface area contributed by atoms with Gasteiger partial charge in [-0.15, -0.1) is 0 Å². The molecule has 4 aromatic carbocycles. The van der Waals surface area contributed by atoms with Crippen molar-refractivity contribution >= 4 is 11.6 Å². The summed E-state index contributed by atoms with van der Waals surface area (Å²) in [6, 6.07) is 33.4. The van der Waals surface area contributed by atoms with E-state index in [2.05, 4.69) is 22.3 Å². The number of methoxy groups -OCH3 is 2. The molecule has 0 bridgehead atoms. The van der Waals surface area contributed by atoms with E-state index >= 15 is 0 Å². The summed E-state index contributed by atoms with van der Waals surface area (Å²) >= 11 is 0. The van der Waals surface area contributed by atoms with Crippen molar-refractivity contribution in [2.45, 2.75) is 44.3 Å². The van der Waals surface area contributed by atoms with Gasteiger partial charge in [0.1, 0.15) is 0 Å². The van der Waals surface area contributed by atoms with Gasteiger partial charge in [-0.05, 0) is 46.4 Å². The molecular weight excluding hydrogens is 580 g/mol. The first-order chi connectivity index (χ1) is 22.6. The lowest BCUT2D eigenvalue weighted by Gasteiger charge is -2.46. The Balaban J connectivity index is 1.40. The third-order valence-corrected chi connectivity index (χ3v) is 8.75. The van der Waals surface area contributed by atoms with Gasteiger partial charge < -0.3 is 24.3 Å². The Hall–Kier alpha value is -4.02. The number of benzene rings is 4. The molecule has 0 radical (unpaired) electrons. The topological polar surface area (TPSA) is 86.3 Å². The largest absolute Gasteiger partial charge is 0.349 e. The lowest BCUT2D eigenvalue weighted by atomic mass is 9.80. The molecule has 1 saturated heterocycles. The van der Waals surface area contributed by atoms with Crippen molar-refractivity contribution in [2.75, 3.05) is 33.9 Å². The fraction of sp³-hybridized carbons (Fsp3) is 0.316. The molecule has 2 heterocycles. The summed E-state index contributed by atoms with van der Waals surface area (Å²) in [5, 5.41) is 3.53. The van der Waals surface area contributed by atoms with Crippen LogP contribution < -0.4 is 5.32 Å². The number of fused-ring (bicyclic) bond motifs is 2. The van der Waals surface area contributed by atoms with Crippen LogP contribution in [-0.4, -0.2) is 68.9 Å². The van der Waals surface area contributed by atoms with Crippen molar-refractivity contribution in [2.24, 2.45) is 0 Å². The number of ketones is 2. The van der Waals surface area contributed by atoms with Crippen molar-refractivity contribution in [3.63, 3.8) is 0 Å². The molecule has 6 rings (SSSR count). The van der Waals surface area contributed by atoms with E-state index in [0.29, 0.717) is 0 Å². The first kappa shape index (κ1) is 31.9. The third kappa shape index (κ3) is 7.03. The molecular formula is C38H40N2O6. The number of ether oxygens (including phenoxy) is 4. The maximum Gasteiger partial charge on any atom is 0.222 e. The number of nitrogens with zero attached hydrogens (tertiary/aromatic N) is 1. The Kier molecular flexibility index (Phi) is 10.4. The van der Waals surface area contributed by atoms with Crippen LogP contribution in [0.2, 0.25) is 0 Å². The van der Waals surface area contributed by atoms with Gasteiger partial charge >= 0.3 is 0 Å². The van der Waals surface area contributed by atoms with Crippen molar-refractivity contribution in [3.8, 4) is 0 Å². The van der Waals surface area contributed by atoms with Crippen LogP contribution >= 0.6 is 0 Å². The second-order valence-corrected chi connectivity index (χ2v) is 11.7. The number of rotatable bonds is 13. The highest BCUT2D eigenvalue weighted by Gasteiger charge is 2.39. The highest BCUT2D eigenvalue weighted by molar-refractivity contribution is 6.11. The molecule has 0 amide bonds. The monoisotopic (exact) mass is 620 g/mol. The average molecular weight is 621 g/mol. The molecule has 4 atom stereocenters. The molecule has 238 valence electrons. The Morgan fingerprint density at radius 1 is 0.761 bits per heavy atom.